The molecule has 0 aliphatic carbocycles. The molecule has 9 heteroatoms. The van der Waals surface area contributed by atoms with E-state index >= 15 is 0 Å². The Labute approximate surface area is 238 Å². The summed E-state index contributed by atoms with van der Waals surface area (Å²) in [6, 6.07) is 17.1. The summed E-state index contributed by atoms with van der Waals surface area (Å²) in [5.74, 6) is 0.0952. The maximum atomic E-state index is 13.3. The summed E-state index contributed by atoms with van der Waals surface area (Å²) in [4.78, 5) is 33.0. The molecule has 1 saturated heterocycles. The molecule has 40 heavy (non-hydrogen) atoms. The van der Waals surface area contributed by atoms with Crippen molar-refractivity contribution >= 4 is 28.8 Å². The van der Waals surface area contributed by atoms with Gasteiger partial charge in [0, 0.05) is 18.8 Å². The topological polar surface area (TPSA) is 89.5 Å². The van der Waals surface area contributed by atoms with Crippen LogP contribution < -0.4 is 10.1 Å². The first-order valence-electron chi connectivity index (χ1n) is 13.4. The number of carbonyl (C=O) groups is 2. The highest BCUT2D eigenvalue weighted by molar-refractivity contribution is 8.16. The van der Waals surface area contributed by atoms with Gasteiger partial charge in [0.15, 0.2) is 5.17 Å². The zero-order valence-corrected chi connectivity index (χ0v) is 23.3. The minimum absolute atomic E-state index is 0.0613. The Morgan fingerprint density at radius 1 is 1.23 bits per heavy atom. The van der Waals surface area contributed by atoms with Gasteiger partial charge in [-0.2, -0.15) is 0 Å². The quantitative estimate of drug-likeness (QED) is 0.297. The first-order valence-corrected chi connectivity index (χ1v) is 14.3. The molecular weight excluding hydrogens is 526 g/mol. The third kappa shape index (κ3) is 6.48. The van der Waals surface area contributed by atoms with E-state index in [1.807, 2.05) is 71.8 Å². The number of amidine groups is 1. The minimum Gasteiger partial charge on any atom is -0.489 e. The summed E-state index contributed by atoms with van der Waals surface area (Å²) in [7, 11) is 0. The molecule has 1 N–H and O–H groups in total. The molecule has 0 spiro atoms. The lowest BCUT2D eigenvalue weighted by Gasteiger charge is -2.36. The van der Waals surface area contributed by atoms with Crippen LogP contribution >= 0.6 is 11.8 Å². The second-order valence-corrected chi connectivity index (χ2v) is 10.6. The van der Waals surface area contributed by atoms with Crippen LogP contribution in [-0.4, -0.2) is 47.8 Å². The Hall–Kier alpha value is -3.82. The molecule has 0 radical (unpaired) electrons. The first-order chi connectivity index (χ1) is 19.5. The number of nitrogens with one attached hydrogen (secondary N) is 1. The van der Waals surface area contributed by atoms with Crippen LogP contribution in [0.25, 0.3) is 0 Å². The molecule has 0 aromatic heterocycles. The zero-order chi connectivity index (χ0) is 27.9. The van der Waals surface area contributed by atoms with Gasteiger partial charge in [-0.05, 0) is 48.4 Å². The standard InChI is InChI=1S/C31H33N3O5S/c1-3-14-38-30(36)28-21(2)33-31-34(24(20-40-31)17-27(35)32-18-26-13-8-15-37-26)29(28)23-11-7-12-25(16-23)39-19-22-9-5-4-6-10-22/h3-7,9-12,16,20,26,29H,1,8,13-15,17-19H2,2H3,(H,32,35)/t26-,29+/m1/s1. The normalized spacial score (nSPS) is 20.0. The third-order valence-corrected chi connectivity index (χ3v) is 7.76. The summed E-state index contributed by atoms with van der Waals surface area (Å²) >= 11 is 1.44. The molecule has 1 amide bonds. The molecule has 2 atom stereocenters. The number of hydrogen-bond donors (Lipinski definition) is 1. The van der Waals surface area contributed by atoms with Gasteiger partial charge in [-0.25, -0.2) is 9.79 Å². The Morgan fingerprint density at radius 3 is 2.85 bits per heavy atom. The van der Waals surface area contributed by atoms with Crippen molar-refractivity contribution in [1.29, 1.82) is 0 Å². The fraction of sp³-hybridized carbons (Fsp3) is 0.323. The van der Waals surface area contributed by atoms with Gasteiger partial charge in [0.25, 0.3) is 0 Å². The Morgan fingerprint density at radius 2 is 2.08 bits per heavy atom. The number of benzene rings is 2. The van der Waals surface area contributed by atoms with Crippen LogP contribution in [0, 0.1) is 0 Å². The van der Waals surface area contributed by atoms with Crippen LogP contribution in [0.1, 0.15) is 43.4 Å². The van der Waals surface area contributed by atoms with Crippen molar-refractivity contribution in [2.45, 2.75) is 44.9 Å². The number of allylic oxidation sites excluding steroid dienone is 1. The smallest absolute Gasteiger partial charge is 0.338 e. The molecule has 1 fully saturated rings. The number of amides is 1. The van der Waals surface area contributed by atoms with Crippen LogP contribution in [-0.2, 0) is 25.7 Å². The summed E-state index contributed by atoms with van der Waals surface area (Å²) in [5.41, 5.74) is 3.64. The monoisotopic (exact) mass is 559 g/mol. The predicted molar refractivity (Wildman–Crippen MR) is 155 cm³/mol. The number of aliphatic imine (C=N–C) groups is 1. The lowest BCUT2D eigenvalue weighted by Crippen LogP contribution is -2.38. The maximum Gasteiger partial charge on any atom is 0.338 e. The molecule has 0 bridgehead atoms. The second-order valence-electron chi connectivity index (χ2n) is 9.74. The van der Waals surface area contributed by atoms with Crippen LogP contribution in [0.15, 0.2) is 94.6 Å². The Balaban J connectivity index is 1.41. The van der Waals surface area contributed by atoms with Gasteiger partial charge in [-0.3, -0.25) is 4.79 Å². The largest absolute Gasteiger partial charge is 0.489 e. The summed E-state index contributed by atoms with van der Waals surface area (Å²) in [5, 5.41) is 5.64. The predicted octanol–water partition coefficient (Wildman–Crippen LogP) is 5.26. The van der Waals surface area contributed by atoms with E-state index in [2.05, 4.69) is 11.9 Å². The number of ether oxygens (including phenoxy) is 3. The van der Waals surface area contributed by atoms with E-state index in [4.69, 9.17) is 19.2 Å². The van der Waals surface area contributed by atoms with E-state index in [1.54, 1.807) is 0 Å². The van der Waals surface area contributed by atoms with Gasteiger partial charge in [-0.1, -0.05) is 66.9 Å². The number of rotatable bonds is 11. The number of thioether (sulfide) groups is 1. The first kappa shape index (κ1) is 27.7. The molecule has 2 aromatic carbocycles. The summed E-state index contributed by atoms with van der Waals surface area (Å²) in [6.07, 6.45) is 3.71. The average Bonchev–Trinajstić information content (AvgIpc) is 3.64. The van der Waals surface area contributed by atoms with Crippen LogP contribution in [0.5, 0.6) is 5.75 Å². The molecule has 3 aliphatic rings. The molecule has 3 aliphatic heterocycles. The number of hydrogen-bond acceptors (Lipinski definition) is 8. The van der Waals surface area contributed by atoms with Crippen molar-refractivity contribution in [2.24, 2.45) is 4.99 Å². The van der Waals surface area contributed by atoms with Crippen molar-refractivity contribution in [3.05, 3.63) is 101 Å². The third-order valence-electron chi connectivity index (χ3n) is 6.87. The molecule has 2 aromatic rings. The van der Waals surface area contributed by atoms with Gasteiger partial charge in [0.2, 0.25) is 5.91 Å². The second kappa shape index (κ2) is 13.0. The Kier molecular flexibility index (Phi) is 9.03. The SMILES string of the molecule is C=CCOC(=O)C1=C(C)N=C2SC=C(CC(=O)NC[C@H]3CCCO3)N2[C@H]1c1cccc(OCc2ccccc2)c1. The van der Waals surface area contributed by atoms with E-state index in [0.717, 1.165) is 36.3 Å². The zero-order valence-electron chi connectivity index (χ0n) is 22.5. The van der Waals surface area contributed by atoms with Gasteiger partial charge in [-0.15, -0.1) is 0 Å². The highest BCUT2D eigenvalue weighted by Gasteiger charge is 2.41. The van der Waals surface area contributed by atoms with E-state index in [-0.39, 0.29) is 25.0 Å². The fourth-order valence-corrected chi connectivity index (χ4v) is 5.90. The number of esters is 1. The summed E-state index contributed by atoms with van der Waals surface area (Å²) < 4.78 is 17.2. The summed E-state index contributed by atoms with van der Waals surface area (Å²) in [6.45, 7) is 7.20. The average molecular weight is 560 g/mol. The number of nitrogens with zero attached hydrogens (tertiary/aromatic N) is 2. The van der Waals surface area contributed by atoms with Crippen molar-refractivity contribution in [3.63, 3.8) is 0 Å². The molecular formula is C31H33N3O5S. The van der Waals surface area contributed by atoms with E-state index in [0.29, 0.717) is 35.3 Å². The van der Waals surface area contributed by atoms with Crippen LogP contribution in [0.3, 0.4) is 0 Å². The van der Waals surface area contributed by atoms with Gasteiger partial charge >= 0.3 is 5.97 Å². The molecule has 208 valence electrons. The van der Waals surface area contributed by atoms with Gasteiger partial charge < -0.3 is 24.4 Å². The van der Waals surface area contributed by atoms with Crippen LogP contribution in [0.4, 0.5) is 0 Å². The van der Waals surface area contributed by atoms with Crippen molar-refractivity contribution in [1.82, 2.24) is 10.2 Å². The Bertz CT molecular complexity index is 1350. The molecule has 8 nitrogen and oxygen atoms in total. The number of fused-ring (bicyclic) bond motifs is 1. The van der Waals surface area contributed by atoms with Gasteiger partial charge in [0.1, 0.15) is 19.0 Å². The highest BCUT2D eigenvalue weighted by Crippen LogP contribution is 2.45. The lowest BCUT2D eigenvalue weighted by atomic mass is 9.93. The van der Waals surface area contributed by atoms with E-state index in [1.165, 1.54) is 17.8 Å². The van der Waals surface area contributed by atoms with Crippen molar-refractivity contribution in [3.8, 4) is 5.75 Å². The van der Waals surface area contributed by atoms with Gasteiger partial charge in [0.05, 0.1) is 29.8 Å². The molecule has 0 unspecified atom stereocenters. The molecule has 5 rings (SSSR count). The van der Waals surface area contributed by atoms with E-state index < -0.39 is 12.0 Å². The fourth-order valence-electron chi connectivity index (χ4n) is 4.93. The molecule has 3 heterocycles. The van der Waals surface area contributed by atoms with Crippen molar-refractivity contribution < 1.29 is 23.8 Å². The lowest BCUT2D eigenvalue weighted by molar-refractivity contribution is -0.138. The maximum absolute atomic E-state index is 13.3. The highest BCUT2D eigenvalue weighted by atomic mass is 32.2. The number of carbonyl (C=O) groups excluding carboxylic acids is 2. The molecule has 0 saturated carbocycles. The van der Waals surface area contributed by atoms with Crippen LogP contribution in [0.2, 0.25) is 0 Å². The van der Waals surface area contributed by atoms with Crippen molar-refractivity contribution in [2.75, 3.05) is 19.8 Å². The minimum atomic E-state index is -0.544. The van der Waals surface area contributed by atoms with E-state index in [9.17, 15) is 9.59 Å².